The smallest absolute Gasteiger partial charge is 0.160 e. The van der Waals surface area contributed by atoms with E-state index in [0.717, 1.165) is 23.4 Å². The molecular weight excluding hydrogens is 382 g/mol. The normalized spacial score (nSPS) is 10.4. The Labute approximate surface area is 176 Å². The third-order valence-corrected chi connectivity index (χ3v) is 4.47. The lowest BCUT2D eigenvalue weighted by Crippen LogP contribution is -2.11. The summed E-state index contributed by atoms with van der Waals surface area (Å²) in [4.78, 5) is 8.51. The molecule has 0 saturated carbocycles. The average Bonchev–Trinajstić information content (AvgIpc) is 2.77. The molecule has 0 aliphatic rings. The van der Waals surface area contributed by atoms with Crippen molar-refractivity contribution < 1.29 is 14.2 Å². The minimum Gasteiger partial charge on any atom is -0.494 e. The Morgan fingerprint density at radius 2 is 1.67 bits per heavy atom. The quantitative estimate of drug-likeness (QED) is 0.464. The van der Waals surface area contributed by atoms with Crippen LogP contribution in [-0.4, -0.2) is 37.3 Å². The molecule has 158 valence electrons. The van der Waals surface area contributed by atoms with Crippen LogP contribution in [-0.2, 0) is 6.42 Å². The molecule has 0 aliphatic carbocycles. The van der Waals surface area contributed by atoms with Crippen molar-refractivity contribution >= 4 is 23.0 Å². The molecule has 0 bridgehead atoms. The van der Waals surface area contributed by atoms with Crippen LogP contribution in [0.2, 0.25) is 0 Å². The van der Waals surface area contributed by atoms with Gasteiger partial charge in [-0.25, -0.2) is 9.97 Å². The highest BCUT2D eigenvalue weighted by atomic mass is 16.5. The van der Waals surface area contributed by atoms with Gasteiger partial charge in [0, 0.05) is 12.2 Å². The van der Waals surface area contributed by atoms with Gasteiger partial charge in [0.1, 0.15) is 17.8 Å². The maximum Gasteiger partial charge on any atom is 0.160 e. The lowest BCUT2D eigenvalue weighted by molar-refractivity contribution is 0.340. The fourth-order valence-electron chi connectivity index (χ4n) is 2.94. The highest BCUT2D eigenvalue weighted by Gasteiger charge is 2.09. The second-order valence-corrected chi connectivity index (χ2v) is 6.43. The van der Waals surface area contributed by atoms with Gasteiger partial charge in [0.05, 0.1) is 20.8 Å². The van der Waals surface area contributed by atoms with Crippen LogP contribution in [0.1, 0.15) is 12.5 Å². The average molecular weight is 409 g/mol. The van der Waals surface area contributed by atoms with Crippen molar-refractivity contribution in [2.45, 2.75) is 13.3 Å². The molecule has 0 saturated heterocycles. The van der Waals surface area contributed by atoms with Crippen LogP contribution in [0, 0.1) is 0 Å². The number of methoxy groups -OCH3 is 2. The molecule has 8 heteroatoms. The van der Waals surface area contributed by atoms with Crippen LogP contribution < -0.4 is 30.6 Å². The number of nitrogens with zero attached hydrogens (tertiary/aromatic N) is 2. The summed E-state index contributed by atoms with van der Waals surface area (Å²) in [5, 5.41) is 6.49. The predicted molar refractivity (Wildman–Crippen MR) is 119 cm³/mol. The Hall–Kier alpha value is -3.68. The number of nitrogens with two attached hydrogens (primary N) is 1. The van der Waals surface area contributed by atoms with Gasteiger partial charge in [-0.05, 0) is 55.3 Å². The standard InChI is InChI=1S/C22H27N5O3/c1-4-30-17-8-6-16(7-9-17)27-22-20(23)21(25-14-26-22)24-12-11-15-5-10-18(28-2)19(13-15)29-3/h5-10,13-14H,4,11-12,23H2,1-3H3,(H2,24,25,26,27). The Morgan fingerprint density at radius 3 is 2.37 bits per heavy atom. The van der Waals surface area contributed by atoms with Crippen molar-refractivity contribution in [3.8, 4) is 17.2 Å². The molecule has 3 rings (SSSR count). The number of benzene rings is 2. The van der Waals surface area contributed by atoms with Gasteiger partial charge >= 0.3 is 0 Å². The molecule has 0 atom stereocenters. The first-order chi connectivity index (χ1) is 14.6. The zero-order valence-electron chi connectivity index (χ0n) is 17.4. The van der Waals surface area contributed by atoms with Crippen LogP contribution >= 0.6 is 0 Å². The van der Waals surface area contributed by atoms with Gasteiger partial charge < -0.3 is 30.6 Å². The molecule has 8 nitrogen and oxygen atoms in total. The van der Waals surface area contributed by atoms with Gasteiger partial charge in [0.25, 0.3) is 0 Å². The summed E-state index contributed by atoms with van der Waals surface area (Å²) < 4.78 is 16.1. The Morgan fingerprint density at radius 1 is 0.933 bits per heavy atom. The molecule has 1 aromatic heterocycles. The maximum absolute atomic E-state index is 6.26. The fourth-order valence-corrected chi connectivity index (χ4v) is 2.94. The van der Waals surface area contributed by atoms with E-state index in [0.29, 0.717) is 42.0 Å². The minimum atomic E-state index is 0.457. The number of aromatic nitrogens is 2. The van der Waals surface area contributed by atoms with Crippen LogP contribution in [0.25, 0.3) is 0 Å². The van der Waals surface area contributed by atoms with Crippen molar-refractivity contribution in [1.29, 1.82) is 0 Å². The van der Waals surface area contributed by atoms with Crippen LogP contribution in [0.4, 0.5) is 23.0 Å². The highest BCUT2D eigenvalue weighted by Crippen LogP contribution is 2.29. The monoisotopic (exact) mass is 409 g/mol. The predicted octanol–water partition coefficient (Wildman–Crippen LogP) is 3.87. The molecule has 1 heterocycles. The van der Waals surface area contributed by atoms with Crippen molar-refractivity contribution in [3.63, 3.8) is 0 Å². The Balaban J connectivity index is 1.62. The number of ether oxygens (including phenoxy) is 3. The van der Waals surface area contributed by atoms with Gasteiger partial charge in [-0.2, -0.15) is 0 Å². The Bertz CT molecular complexity index is 963. The molecule has 0 aliphatic heterocycles. The third kappa shape index (κ3) is 5.22. The third-order valence-electron chi connectivity index (χ3n) is 4.47. The molecule has 0 amide bonds. The van der Waals surface area contributed by atoms with Crippen LogP contribution in [0.3, 0.4) is 0 Å². The molecule has 2 aromatic carbocycles. The minimum absolute atomic E-state index is 0.457. The van der Waals surface area contributed by atoms with Gasteiger partial charge in [-0.15, -0.1) is 0 Å². The largest absolute Gasteiger partial charge is 0.494 e. The highest BCUT2D eigenvalue weighted by molar-refractivity contribution is 5.77. The molecule has 30 heavy (non-hydrogen) atoms. The van der Waals surface area contributed by atoms with Crippen molar-refractivity contribution in [2.75, 3.05) is 43.7 Å². The van der Waals surface area contributed by atoms with E-state index in [2.05, 4.69) is 20.6 Å². The molecule has 0 unspecified atom stereocenters. The van der Waals surface area contributed by atoms with Crippen molar-refractivity contribution in [2.24, 2.45) is 0 Å². The number of nitrogen functional groups attached to an aromatic ring is 1. The number of hydrogen-bond donors (Lipinski definition) is 3. The second-order valence-electron chi connectivity index (χ2n) is 6.43. The summed E-state index contributed by atoms with van der Waals surface area (Å²) in [5.41, 5.74) is 8.69. The van der Waals surface area contributed by atoms with Gasteiger partial charge in [0.2, 0.25) is 0 Å². The lowest BCUT2D eigenvalue weighted by atomic mass is 10.1. The Kier molecular flexibility index (Phi) is 7.15. The molecular formula is C22H27N5O3. The van der Waals surface area contributed by atoms with Crippen molar-refractivity contribution in [3.05, 3.63) is 54.4 Å². The molecule has 0 spiro atoms. The molecule has 3 aromatic rings. The number of nitrogens with one attached hydrogen (secondary N) is 2. The maximum atomic E-state index is 6.26. The topological polar surface area (TPSA) is 104 Å². The summed E-state index contributed by atoms with van der Waals surface area (Å²) in [7, 11) is 3.25. The van der Waals surface area contributed by atoms with E-state index in [4.69, 9.17) is 19.9 Å². The second kappa shape index (κ2) is 10.2. The first kappa shape index (κ1) is 21.0. The molecule has 0 fully saturated rings. The zero-order chi connectivity index (χ0) is 21.3. The molecule has 0 radical (unpaired) electrons. The van der Waals surface area contributed by atoms with E-state index < -0.39 is 0 Å². The van der Waals surface area contributed by atoms with Crippen LogP contribution in [0.5, 0.6) is 17.2 Å². The van der Waals surface area contributed by atoms with E-state index in [1.807, 2.05) is 49.4 Å². The summed E-state index contributed by atoms with van der Waals surface area (Å²) in [6.45, 7) is 3.23. The van der Waals surface area contributed by atoms with E-state index in [1.165, 1.54) is 6.33 Å². The van der Waals surface area contributed by atoms with Crippen LogP contribution in [0.15, 0.2) is 48.8 Å². The zero-order valence-corrected chi connectivity index (χ0v) is 17.4. The first-order valence-corrected chi connectivity index (χ1v) is 9.69. The summed E-state index contributed by atoms with van der Waals surface area (Å²) >= 11 is 0. The summed E-state index contributed by atoms with van der Waals surface area (Å²) in [5.74, 6) is 3.36. The summed E-state index contributed by atoms with van der Waals surface area (Å²) in [6, 6.07) is 13.5. The van der Waals surface area contributed by atoms with E-state index >= 15 is 0 Å². The van der Waals surface area contributed by atoms with E-state index in [1.54, 1.807) is 14.2 Å². The first-order valence-electron chi connectivity index (χ1n) is 9.69. The number of rotatable bonds is 10. The van der Waals surface area contributed by atoms with Crippen molar-refractivity contribution in [1.82, 2.24) is 9.97 Å². The molecule has 4 N–H and O–H groups in total. The fraction of sp³-hybridized carbons (Fsp3) is 0.273. The lowest BCUT2D eigenvalue weighted by Gasteiger charge is -2.13. The van der Waals surface area contributed by atoms with Gasteiger partial charge in [-0.1, -0.05) is 6.07 Å². The SMILES string of the molecule is CCOc1ccc(Nc2ncnc(NCCc3ccc(OC)c(OC)c3)c2N)cc1. The van der Waals surface area contributed by atoms with E-state index in [-0.39, 0.29) is 0 Å². The number of hydrogen-bond acceptors (Lipinski definition) is 8. The van der Waals surface area contributed by atoms with Gasteiger partial charge in [-0.3, -0.25) is 0 Å². The summed E-state index contributed by atoms with van der Waals surface area (Å²) in [6.07, 6.45) is 2.25. The van der Waals surface area contributed by atoms with Gasteiger partial charge in [0.15, 0.2) is 23.1 Å². The number of anilines is 4. The van der Waals surface area contributed by atoms with E-state index in [9.17, 15) is 0 Å².